The van der Waals surface area contributed by atoms with E-state index in [2.05, 4.69) is 45.5 Å². The number of amides is 1. The van der Waals surface area contributed by atoms with Gasteiger partial charge in [0.1, 0.15) is 6.61 Å². The number of anilines is 2. The van der Waals surface area contributed by atoms with Gasteiger partial charge in [0.15, 0.2) is 11.5 Å². The third-order valence-electron chi connectivity index (χ3n) is 6.42. The van der Waals surface area contributed by atoms with Crippen LogP contribution >= 0.6 is 0 Å². The minimum absolute atomic E-state index is 0.180. The lowest BCUT2D eigenvalue weighted by atomic mass is 10.0. The molecular formula is C25H29N5O3. The molecule has 0 saturated carbocycles. The summed E-state index contributed by atoms with van der Waals surface area (Å²) >= 11 is 0. The number of benzene rings is 2. The highest BCUT2D eigenvalue weighted by atomic mass is 16.6. The molecule has 1 fully saturated rings. The van der Waals surface area contributed by atoms with Crippen LogP contribution in [0.15, 0.2) is 54.9 Å². The topological polar surface area (TPSA) is 82.7 Å². The van der Waals surface area contributed by atoms with Gasteiger partial charge in [-0.3, -0.25) is 9.89 Å². The molecule has 0 spiro atoms. The van der Waals surface area contributed by atoms with E-state index in [0.717, 1.165) is 48.4 Å². The molecule has 5 rings (SSSR count). The second-order valence-electron chi connectivity index (χ2n) is 8.75. The van der Waals surface area contributed by atoms with E-state index in [1.54, 1.807) is 6.20 Å². The second kappa shape index (κ2) is 9.15. The standard InChI is InChI=1S/C25H29N5O3/c1-29(2)19-9-11-30(12-10-19)21-13-17(18-14-26-27-15-18)7-8-20(21)28-25(31)24-16-32-22-5-3-4-6-23(22)33-24/h3-8,13-15,19,24H,9-12,16H2,1-2H3,(H,26,27)(H,28,31). The average Bonchev–Trinajstić information content (AvgIpc) is 3.39. The summed E-state index contributed by atoms with van der Waals surface area (Å²) in [7, 11) is 4.27. The van der Waals surface area contributed by atoms with Gasteiger partial charge in [0.25, 0.3) is 5.91 Å². The summed E-state index contributed by atoms with van der Waals surface area (Å²) in [6, 6.07) is 14.1. The first kappa shape index (κ1) is 21.3. The number of aromatic amines is 1. The fourth-order valence-corrected chi connectivity index (χ4v) is 4.47. The molecule has 1 amide bonds. The number of ether oxygens (including phenoxy) is 2. The van der Waals surface area contributed by atoms with Crippen molar-refractivity contribution in [2.24, 2.45) is 0 Å². The Bertz CT molecular complexity index is 1110. The number of aromatic nitrogens is 2. The maximum Gasteiger partial charge on any atom is 0.269 e. The summed E-state index contributed by atoms with van der Waals surface area (Å²) in [5.74, 6) is 1.03. The quantitative estimate of drug-likeness (QED) is 0.624. The Morgan fingerprint density at radius 2 is 1.91 bits per heavy atom. The highest BCUT2D eigenvalue weighted by Crippen LogP contribution is 2.35. The van der Waals surface area contributed by atoms with Crippen molar-refractivity contribution in [3.63, 3.8) is 0 Å². The van der Waals surface area contributed by atoms with Gasteiger partial charge >= 0.3 is 0 Å². The van der Waals surface area contributed by atoms with Crippen molar-refractivity contribution in [2.45, 2.75) is 25.0 Å². The first-order valence-electron chi connectivity index (χ1n) is 11.3. The van der Waals surface area contributed by atoms with Crippen molar-refractivity contribution < 1.29 is 14.3 Å². The molecule has 2 aromatic carbocycles. The van der Waals surface area contributed by atoms with Crippen LogP contribution in [0.5, 0.6) is 11.5 Å². The van der Waals surface area contributed by atoms with Gasteiger partial charge in [-0.05, 0) is 56.8 Å². The SMILES string of the molecule is CN(C)C1CCN(c2cc(-c3cn[nH]c3)ccc2NC(=O)C2COc3ccccc3O2)CC1. The van der Waals surface area contributed by atoms with E-state index in [1.165, 1.54) is 0 Å². The van der Waals surface area contributed by atoms with Crippen LogP contribution in [-0.4, -0.2) is 66.9 Å². The van der Waals surface area contributed by atoms with Crippen molar-refractivity contribution in [3.8, 4) is 22.6 Å². The minimum Gasteiger partial charge on any atom is -0.485 e. The van der Waals surface area contributed by atoms with Gasteiger partial charge < -0.3 is 24.6 Å². The van der Waals surface area contributed by atoms with Gasteiger partial charge in [-0.25, -0.2) is 0 Å². The van der Waals surface area contributed by atoms with Crippen LogP contribution in [0.2, 0.25) is 0 Å². The minimum atomic E-state index is -0.708. The number of fused-ring (bicyclic) bond motifs is 1. The molecule has 8 heteroatoms. The van der Waals surface area contributed by atoms with Gasteiger partial charge in [0, 0.05) is 30.9 Å². The summed E-state index contributed by atoms with van der Waals surface area (Å²) in [6.07, 6.45) is 5.13. The molecule has 172 valence electrons. The van der Waals surface area contributed by atoms with Gasteiger partial charge in [0.2, 0.25) is 6.10 Å². The zero-order valence-corrected chi connectivity index (χ0v) is 19.0. The Balaban J connectivity index is 1.38. The van der Waals surface area contributed by atoms with E-state index in [9.17, 15) is 4.79 Å². The monoisotopic (exact) mass is 447 g/mol. The molecule has 1 saturated heterocycles. The van der Waals surface area contributed by atoms with Gasteiger partial charge in [-0.1, -0.05) is 18.2 Å². The van der Waals surface area contributed by atoms with Crippen molar-refractivity contribution in [3.05, 3.63) is 54.9 Å². The van der Waals surface area contributed by atoms with Gasteiger partial charge in [0.05, 0.1) is 17.6 Å². The predicted octanol–water partition coefficient (Wildman–Crippen LogP) is 3.39. The lowest BCUT2D eigenvalue weighted by Gasteiger charge is -2.37. The molecule has 0 aliphatic carbocycles. The second-order valence-corrected chi connectivity index (χ2v) is 8.75. The van der Waals surface area contributed by atoms with Crippen LogP contribution in [0.4, 0.5) is 11.4 Å². The van der Waals surface area contributed by atoms with Crippen LogP contribution in [0.25, 0.3) is 11.1 Å². The van der Waals surface area contributed by atoms with Crippen LogP contribution in [0.1, 0.15) is 12.8 Å². The van der Waals surface area contributed by atoms with Crippen molar-refractivity contribution in [2.75, 3.05) is 44.0 Å². The third kappa shape index (κ3) is 4.52. The predicted molar refractivity (Wildman–Crippen MR) is 128 cm³/mol. The number of hydrogen-bond acceptors (Lipinski definition) is 6. The largest absolute Gasteiger partial charge is 0.485 e. The van der Waals surface area contributed by atoms with Gasteiger partial charge in [-0.15, -0.1) is 0 Å². The lowest BCUT2D eigenvalue weighted by molar-refractivity contribution is -0.125. The highest BCUT2D eigenvalue weighted by Gasteiger charge is 2.29. The highest BCUT2D eigenvalue weighted by molar-refractivity contribution is 5.98. The molecule has 1 aromatic heterocycles. The molecule has 3 heterocycles. The third-order valence-corrected chi connectivity index (χ3v) is 6.42. The molecule has 33 heavy (non-hydrogen) atoms. The molecule has 2 aliphatic rings. The molecule has 0 radical (unpaired) electrons. The van der Waals surface area contributed by atoms with E-state index in [-0.39, 0.29) is 12.5 Å². The lowest BCUT2D eigenvalue weighted by Crippen LogP contribution is -2.43. The number of para-hydroxylation sites is 2. The molecule has 1 atom stereocenters. The number of nitrogens with one attached hydrogen (secondary N) is 2. The first-order valence-corrected chi connectivity index (χ1v) is 11.3. The van der Waals surface area contributed by atoms with Crippen LogP contribution in [0, 0.1) is 0 Å². The van der Waals surface area contributed by atoms with Gasteiger partial charge in [-0.2, -0.15) is 5.10 Å². The van der Waals surface area contributed by atoms with E-state index in [4.69, 9.17) is 9.47 Å². The van der Waals surface area contributed by atoms with E-state index >= 15 is 0 Å². The van der Waals surface area contributed by atoms with E-state index < -0.39 is 6.10 Å². The molecule has 1 unspecified atom stereocenters. The smallest absolute Gasteiger partial charge is 0.269 e. The fourth-order valence-electron chi connectivity index (χ4n) is 4.47. The number of rotatable bonds is 5. The number of nitrogens with zero attached hydrogens (tertiary/aromatic N) is 3. The van der Waals surface area contributed by atoms with E-state index in [1.807, 2.05) is 42.6 Å². The number of H-pyrrole nitrogens is 1. The molecule has 0 bridgehead atoms. The maximum absolute atomic E-state index is 13.1. The Hall–Kier alpha value is -3.52. The first-order chi connectivity index (χ1) is 16.1. The van der Waals surface area contributed by atoms with Crippen LogP contribution in [-0.2, 0) is 4.79 Å². The summed E-state index contributed by atoms with van der Waals surface area (Å²) in [6.45, 7) is 2.04. The van der Waals surface area contributed by atoms with Crippen LogP contribution in [0.3, 0.4) is 0 Å². The molecule has 3 aromatic rings. The number of hydrogen-bond donors (Lipinski definition) is 2. The Morgan fingerprint density at radius 3 is 2.64 bits per heavy atom. The average molecular weight is 448 g/mol. The molecular weight excluding hydrogens is 418 g/mol. The summed E-state index contributed by atoms with van der Waals surface area (Å²) in [4.78, 5) is 17.8. The van der Waals surface area contributed by atoms with Crippen molar-refractivity contribution in [1.82, 2.24) is 15.1 Å². The van der Waals surface area contributed by atoms with Crippen LogP contribution < -0.4 is 19.7 Å². The number of carbonyl (C=O) groups is 1. The molecule has 2 aliphatic heterocycles. The number of piperidine rings is 1. The fraction of sp³-hybridized carbons (Fsp3) is 0.360. The summed E-state index contributed by atoms with van der Waals surface area (Å²) in [5, 5.41) is 10.0. The Labute approximate surface area is 193 Å². The normalized spacial score (nSPS) is 18.4. The van der Waals surface area contributed by atoms with Crippen molar-refractivity contribution >= 4 is 17.3 Å². The summed E-state index contributed by atoms with van der Waals surface area (Å²) < 4.78 is 11.6. The zero-order chi connectivity index (χ0) is 22.8. The number of carbonyl (C=O) groups excluding carboxylic acids is 1. The molecule has 8 nitrogen and oxygen atoms in total. The maximum atomic E-state index is 13.1. The van der Waals surface area contributed by atoms with Crippen molar-refractivity contribution in [1.29, 1.82) is 0 Å². The zero-order valence-electron chi connectivity index (χ0n) is 19.0. The van der Waals surface area contributed by atoms with E-state index in [0.29, 0.717) is 17.5 Å². The Morgan fingerprint density at radius 1 is 1.12 bits per heavy atom. The Kier molecular flexibility index (Phi) is 5.92. The molecule has 2 N–H and O–H groups in total. The summed E-state index contributed by atoms with van der Waals surface area (Å²) in [5.41, 5.74) is 3.85.